The number of hydrogen-bond donors (Lipinski definition) is 2. The zero-order valence-electron chi connectivity index (χ0n) is 12.0. The van der Waals surface area contributed by atoms with Crippen LogP contribution < -0.4 is 16.0 Å². The Morgan fingerprint density at radius 3 is 2.76 bits per heavy atom. The number of ether oxygens (including phenoxy) is 1. The van der Waals surface area contributed by atoms with Gasteiger partial charge in [0, 0.05) is 32.8 Å². The Morgan fingerprint density at radius 2 is 2.14 bits per heavy atom. The van der Waals surface area contributed by atoms with Gasteiger partial charge in [-0.3, -0.25) is 0 Å². The fourth-order valence-corrected chi connectivity index (χ4v) is 2.67. The number of amides is 2. The quantitative estimate of drug-likeness (QED) is 0.818. The fourth-order valence-electron chi connectivity index (χ4n) is 2.67. The highest BCUT2D eigenvalue weighted by atomic mass is 16.5. The smallest absolute Gasteiger partial charge is 0.317 e. The molecule has 1 aromatic heterocycles. The Bertz CT molecular complexity index is 479. The predicted molar refractivity (Wildman–Crippen MR) is 80.2 cm³/mol. The van der Waals surface area contributed by atoms with Crippen molar-refractivity contribution in [3.05, 3.63) is 18.3 Å². The summed E-state index contributed by atoms with van der Waals surface area (Å²) in [5.74, 6) is 0.524. The van der Waals surface area contributed by atoms with Gasteiger partial charge in [-0.25, -0.2) is 9.78 Å². The Morgan fingerprint density at radius 1 is 1.33 bits per heavy atom. The van der Waals surface area contributed by atoms with E-state index in [0.717, 1.165) is 31.8 Å². The maximum absolute atomic E-state index is 12.2. The number of piperazine rings is 1. The van der Waals surface area contributed by atoms with Crippen molar-refractivity contribution in [2.24, 2.45) is 0 Å². The Kier molecular flexibility index (Phi) is 4.10. The van der Waals surface area contributed by atoms with Crippen molar-refractivity contribution < 1.29 is 9.53 Å². The third kappa shape index (κ3) is 3.36. The summed E-state index contributed by atoms with van der Waals surface area (Å²) in [5.41, 5.74) is 6.64. The Balaban J connectivity index is 1.50. The van der Waals surface area contributed by atoms with Crippen LogP contribution in [0.4, 0.5) is 16.3 Å². The lowest BCUT2D eigenvalue weighted by Crippen LogP contribution is -2.53. The molecule has 1 aromatic rings. The maximum atomic E-state index is 12.2. The second-order valence-corrected chi connectivity index (χ2v) is 5.43. The molecular formula is C14H21N5O2. The first-order valence-electron chi connectivity index (χ1n) is 7.32. The average Bonchev–Trinajstić information content (AvgIpc) is 3.01. The molecule has 0 aromatic carbocycles. The van der Waals surface area contributed by atoms with Gasteiger partial charge in [-0.15, -0.1) is 0 Å². The highest BCUT2D eigenvalue weighted by molar-refractivity contribution is 5.75. The molecule has 114 valence electrons. The third-order valence-electron chi connectivity index (χ3n) is 3.96. The summed E-state index contributed by atoms with van der Waals surface area (Å²) in [4.78, 5) is 20.3. The molecule has 2 aliphatic heterocycles. The first kappa shape index (κ1) is 13.9. The first-order chi connectivity index (χ1) is 10.2. The van der Waals surface area contributed by atoms with E-state index >= 15 is 0 Å². The molecule has 1 unspecified atom stereocenters. The van der Waals surface area contributed by atoms with Gasteiger partial charge in [0.15, 0.2) is 0 Å². The third-order valence-corrected chi connectivity index (χ3v) is 3.96. The number of pyridine rings is 1. The highest BCUT2D eigenvalue weighted by Gasteiger charge is 2.24. The van der Waals surface area contributed by atoms with Gasteiger partial charge in [-0.2, -0.15) is 0 Å². The van der Waals surface area contributed by atoms with Gasteiger partial charge in [0.05, 0.1) is 24.5 Å². The van der Waals surface area contributed by atoms with Crippen molar-refractivity contribution in [3.63, 3.8) is 0 Å². The summed E-state index contributed by atoms with van der Waals surface area (Å²) in [7, 11) is 0. The lowest BCUT2D eigenvalue weighted by Gasteiger charge is -2.36. The number of hydrogen-bond acceptors (Lipinski definition) is 5. The van der Waals surface area contributed by atoms with Crippen LogP contribution in [0.5, 0.6) is 0 Å². The van der Waals surface area contributed by atoms with E-state index in [-0.39, 0.29) is 12.1 Å². The number of nitrogen functional groups attached to an aromatic ring is 1. The monoisotopic (exact) mass is 291 g/mol. The fraction of sp³-hybridized carbons (Fsp3) is 0.571. The standard InChI is InChI=1S/C14H21N5O2/c15-13-2-1-12(9-16-13)18-4-6-19(7-5-18)14(20)17-11-3-8-21-10-11/h1-2,9,11H,3-8,10H2,(H2,15,16)(H,17,20). The molecule has 3 N–H and O–H groups in total. The van der Waals surface area contributed by atoms with Crippen LogP contribution in [0.2, 0.25) is 0 Å². The van der Waals surface area contributed by atoms with Crippen molar-refractivity contribution in [2.45, 2.75) is 12.5 Å². The molecular weight excluding hydrogens is 270 g/mol. The summed E-state index contributed by atoms with van der Waals surface area (Å²) in [6.07, 6.45) is 2.68. The lowest BCUT2D eigenvalue weighted by molar-refractivity contribution is 0.176. The molecule has 2 aliphatic rings. The minimum atomic E-state index is 0.0144. The summed E-state index contributed by atoms with van der Waals surface area (Å²) >= 11 is 0. The van der Waals surface area contributed by atoms with E-state index in [0.29, 0.717) is 25.5 Å². The topological polar surface area (TPSA) is 83.7 Å². The molecule has 0 aliphatic carbocycles. The summed E-state index contributed by atoms with van der Waals surface area (Å²) < 4.78 is 5.27. The van der Waals surface area contributed by atoms with Gasteiger partial charge >= 0.3 is 6.03 Å². The van der Waals surface area contributed by atoms with Gasteiger partial charge in [0.25, 0.3) is 0 Å². The Hall–Kier alpha value is -2.02. The molecule has 2 fully saturated rings. The second kappa shape index (κ2) is 6.17. The number of nitrogens with zero attached hydrogens (tertiary/aromatic N) is 3. The van der Waals surface area contributed by atoms with Crippen molar-refractivity contribution in [3.8, 4) is 0 Å². The molecule has 0 bridgehead atoms. The summed E-state index contributed by atoms with van der Waals surface area (Å²) in [6.45, 7) is 4.40. The molecule has 7 nitrogen and oxygen atoms in total. The zero-order chi connectivity index (χ0) is 14.7. The minimum absolute atomic E-state index is 0.0144. The van der Waals surface area contributed by atoms with Crippen LogP contribution in [0.25, 0.3) is 0 Å². The number of aromatic nitrogens is 1. The molecule has 3 rings (SSSR count). The number of carbonyl (C=O) groups is 1. The molecule has 1 atom stereocenters. The lowest BCUT2D eigenvalue weighted by atomic mass is 10.2. The van der Waals surface area contributed by atoms with E-state index in [1.165, 1.54) is 0 Å². The molecule has 2 saturated heterocycles. The van der Waals surface area contributed by atoms with Gasteiger partial charge in [-0.05, 0) is 18.6 Å². The number of urea groups is 1. The van der Waals surface area contributed by atoms with Gasteiger partial charge in [0.2, 0.25) is 0 Å². The zero-order valence-corrected chi connectivity index (χ0v) is 12.0. The van der Waals surface area contributed by atoms with Gasteiger partial charge in [-0.1, -0.05) is 0 Å². The van der Waals surface area contributed by atoms with Crippen LogP contribution >= 0.6 is 0 Å². The van der Waals surface area contributed by atoms with E-state index in [9.17, 15) is 4.79 Å². The SMILES string of the molecule is Nc1ccc(N2CCN(C(=O)NC3CCOC3)CC2)cn1. The first-order valence-corrected chi connectivity index (χ1v) is 7.32. The van der Waals surface area contributed by atoms with Crippen molar-refractivity contribution in [1.82, 2.24) is 15.2 Å². The molecule has 3 heterocycles. The molecule has 0 spiro atoms. The largest absolute Gasteiger partial charge is 0.384 e. The number of rotatable bonds is 2. The number of anilines is 2. The number of nitrogens with one attached hydrogen (secondary N) is 1. The van der Waals surface area contributed by atoms with E-state index in [1.54, 1.807) is 12.3 Å². The van der Waals surface area contributed by atoms with E-state index < -0.39 is 0 Å². The molecule has 0 saturated carbocycles. The number of carbonyl (C=O) groups excluding carboxylic acids is 1. The van der Waals surface area contributed by atoms with Crippen LogP contribution in [0.3, 0.4) is 0 Å². The average molecular weight is 291 g/mol. The van der Waals surface area contributed by atoms with Gasteiger partial charge < -0.3 is 25.6 Å². The van der Waals surface area contributed by atoms with Crippen LogP contribution in [0.1, 0.15) is 6.42 Å². The van der Waals surface area contributed by atoms with Crippen molar-refractivity contribution in [2.75, 3.05) is 50.0 Å². The highest BCUT2D eigenvalue weighted by Crippen LogP contribution is 2.16. The second-order valence-electron chi connectivity index (χ2n) is 5.43. The molecule has 2 amide bonds. The molecule has 0 radical (unpaired) electrons. The number of nitrogens with two attached hydrogens (primary N) is 1. The summed E-state index contributed by atoms with van der Waals surface area (Å²) in [5, 5.41) is 3.03. The van der Waals surface area contributed by atoms with E-state index in [2.05, 4.69) is 15.2 Å². The van der Waals surface area contributed by atoms with Crippen LogP contribution in [0, 0.1) is 0 Å². The minimum Gasteiger partial charge on any atom is -0.384 e. The van der Waals surface area contributed by atoms with Crippen molar-refractivity contribution >= 4 is 17.5 Å². The molecule has 21 heavy (non-hydrogen) atoms. The van der Waals surface area contributed by atoms with Crippen molar-refractivity contribution in [1.29, 1.82) is 0 Å². The van der Waals surface area contributed by atoms with E-state index in [1.807, 2.05) is 11.0 Å². The summed E-state index contributed by atoms with van der Waals surface area (Å²) in [6, 6.07) is 3.94. The Labute approximate surface area is 124 Å². The molecule has 7 heteroatoms. The predicted octanol–water partition coefficient (Wildman–Crippen LogP) is 0.284. The maximum Gasteiger partial charge on any atom is 0.317 e. The van der Waals surface area contributed by atoms with Crippen LogP contribution in [-0.2, 0) is 4.74 Å². The van der Waals surface area contributed by atoms with Crippen LogP contribution in [-0.4, -0.2) is 61.3 Å². The van der Waals surface area contributed by atoms with E-state index in [4.69, 9.17) is 10.5 Å². The van der Waals surface area contributed by atoms with Crippen LogP contribution in [0.15, 0.2) is 18.3 Å². The normalized spacial score (nSPS) is 22.4. The van der Waals surface area contributed by atoms with Gasteiger partial charge in [0.1, 0.15) is 5.82 Å².